The molecule has 0 saturated heterocycles. The molecule has 0 fully saturated rings. The van der Waals surface area contributed by atoms with Crippen LogP contribution < -0.4 is 80.9 Å². The number of ether oxygens (including phenoxy) is 1. The average Bonchev–Trinajstić information content (AvgIpc) is 1.50. The first kappa shape index (κ1) is 67.7. The largest absolute Gasteiger partial charge is 0.471 e. The first-order chi connectivity index (χ1) is 58.2. The van der Waals surface area contributed by atoms with Crippen LogP contribution in [-0.4, -0.2) is 36.0 Å². The molecule has 22 aromatic rings. The summed E-state index contributed by atoms with van der Waals surface area (Å²) < 4.78 is 42.5. The molecule has 0 N–H and O–H groups in total. The van der Waals surface area contributed by atoms with E-state index in [9.17, 15) is 0 Å². The van der Waals surface area contributed by atoms with E-state index >= 15 is 0 Å². The van der Waals surface area contributed by atoms with E-state index < -0.39 is 0 Å². The van der Waals surface area contributed by atoms with Gasteiger partial charge >= 0.3 is 0 Å². The van der Waals surface area contributed by atoms with Gasteiger partial charge in [-0.1, -0.05) is 218 Å². The number of fused-ring (bicyclic) bond motifs is 26. The van der Waals surface area contributed by atoms with Gasteiger partial charge in [-0.05, 0) is 191 Å². The molecule has 0 atom stereocenters. The highest BCUT2D eigenvalue weighted by Crippen LogP contribution is 2.53. The number of benzene rings is 14. The number of aryl methyl sites for hydroxylation is 2. The second kappa shape index (κ2) is 25.7. The van der Waals surface area contributed by atoms with Gasteiger partial charge in [0.25, 0.3) is 26.9 Å². The van der Waals surface area contributed by atoms with Gasteiger partial charge in [-0.2, -0.15) is 0 Å². The second-order valence-electron chi connectivity index (χ2n) is 32.4. The van der Waals surface area contributed by atoms with Crippen LogP contribution in [0.25, 0.3) is 108 Å². The van der Waals surface area contributed by atoms with Crippen molar-refractivity contribution in [3.05, 3.63) is 337 Å². The first-order valence-electron chi connectivity index (χ1n) is 41.0. The van der Waals surface area contributed by atoms with Crippen molar-refractivity contribution in [3.63, 3.8) is 0 Å². The highest BCUT2D eigenvalue weighted by atomic mass is 32.1. The van der Waals surface area contributed by atoms with E-state index in [1.54, 1.807) is 22.7 Å². The lowest BCUT2D eigenvalue weighted by Gasteiger charge is -2.42. The van der Waals surface area contributed by atoms with Crippen molar-refractivity contribution in [2.75, 3.05) is 9.80 Å². The predicted molar refractivity (Wildman–Crippen MR) is 499 cm³/mol. The SMILES string of the molecule is CCn1c2ccccc2c2ccc(B3c4oc5ccc6sccc6c5c4B(c4ccc(N5c6ccccc6C(C)(C)c6ccccc65)cc4)c4oc5ccccc5c43)cc21.CCn1c2ccccc2c2ccc(B3c4oc5ccc6sccc6c5c4B(c4ccc(N5c6ccccc6Oc6ccccc65)cc4)c4oc5ccccc5c43)cc21. The Morgan fingerprint density at radius 1 is 0.297 bits per heavy atom. The number of para-hydroxylation sites is 10. The van der Waals surface area contributed by atoms with Gasteiger partial charge < -0.3 is 41.3 Å². The molecule has 8 aromatic heterocycles. The van der Waals surface area contributed by atoms with Gasteiger partial charge in [-0.25, -0.2) is 0 Å². The van der Waals surface area contributed by atoms with Crippen LogP contribution in [0.4, 0.5) is 34.1 Å². The second-order valence-corrected chi connectivity index (χ2v) is 34.3. The highest BCUT2D eigenvalue weighted by molar-refractivity contribution is 7.18. The zero-order valence-corrected chi connectivity index (χ0v) is 66.7. The highest BCUT2D eigenvalue weighted by Gasteiger charge is 2.50. The van der Waals surface area contributed by atoms with Crippen LogP contribution in [-0.2, 0) is 18.5 Å². The van der Waals surface area contributed by atoms with Crippen LogP contribution in [0, 0.1) is 0 Å². The van der Waals surface area contributed by atoms with Gasteiger partial charge in [0.05, 0.1) is 45.4 Å². The Morgan fingerprint density at radius 2 is 0.653 bits per heavy atom. The van der Waals surface area contributed by atoms with Gasteiger partial charge in [0.15, 0.2) is 11.5 Å². The molecule has 12 heterocycles. The summed E-state index contributed by atoms with van der Waals surface area (Å²) in [7, 11) is 0. The molecule has 0 aliphatic carbocycles. The van der Waals surface area contributed by atoms with Crippen molar-refractivity contribution in [3.8, 4) is 11.5 Å². The van der Waals surface area contributed by atoms with Crippen molar-refractivity contribution in [2.45, 2.75) is 46.2 Å². The molecule has 4 aliphatic heterocycles. The molecule has 0 unspecified atom stereocenters. The summed E-state index contributed by atoms with van der Waals surface area (Å²) in [6, 6.07) is 114. The van der Waals surface area contributed by atoms with Crippen molar-refractivity contribution in [2.24, 2.45) is 0 Å². The van der Waals surface area contributed by atoms with Gasteiger partial charge in [0.2, 0.25) is 0 Å². The average molecular weight is 1550 g/mol. The summed E-state index contributed by atoms with van der Waals surface area (Å²) in [6.45, 7) is 10.2. The van der Waals surface area contributed by atoms with E-state index in [2.05, 4.69) is 349 Å². The summed E-state index contributed by atoms with van der Waals surface area (Å²) in [5, 5.41) is 16.5. The molecular weight excluding hydrogens is 1480 g/mol. The third-order valence-corrected chi connectivity index (χ3v) is 27.9. The molecule has 0 bridgehead atoms. The molecule has 0 radical (unpaired) electrons. The fraction of sp³-hybridized carbons (Fsp3) is 0.0680. The minimum atomic E-state index is -0.204. The summed E-state index contributed by atoms with van der Waals surface area (Å²) in [4.78, 5) is 4.73. The van der Waals surface area contributed by atoms with Gasteiger partial charge in [-0.3, -0.25) is 0 Å². The minimum Gasteiger partial charge on any atom is -0.471 e. The number of thiophene rings is 2. The monoisotopic (exact) mass is 1550 g/mol. The summed E-state index contributed by atoms with van der Waals surface area (Å²) in [5.41, 5.74) is 31.2. The number of aromatic nitrogens is 2. The van der Waals surface area contributed by atoms with Crippen molar-refractivity contribution >= 4 is 258 Å². The Hall–Kier alpha value is -13.6. The van der Waals surface area contributed by atoms with Gasteiger partial charge in [-0.15, -0.1) is 22.7 Å². The molecule has 0 amide bonds. The van der Waals surface area contributed by atoms with Crippen LogP contribution in [0.15, 0.2) is 344 Å². The van der Waals surface area contributed by atoms with Crippen LogP contribution in [0.5, 0.6) is 11.5 Å². The maximum absolute atomic E-state index is 7.25. The van der Waals surface area contributed by atoms with Crippen molar-refractivity contribution < 1.29 is 22.4 Å². The lowest BCUT2D eigenvalue weighted by molar-refractivity contribution is 0.477. The van der Waals surface area contributed by atoms with Crippen molar-refractivity contribution in [1.29, 1.82) is 0 Å². The molecule has 15 heteroatoms. The maximum Gasteiger partial charge on any atom is 0.290 e. The Kier molecular flexibility index (Phi) is 14.8. The fourth-order valence-corrected chi connectivity index (χ4v) is 22.7. The topological polar surface area (TPSA) is 78.1 Å². The van der Waals surface area contributed by atoms with E-state index in [1.807, 2.05) is 24.3 Å². The van der Waals surface area contributed by atoms with Crippen LogP contribution in [0.2, 0.25) is 0 Å². The fourth-order valence-electron chi connectivity index (χ4n) is 21.1. The quantitative estimate of drug-likeness (QED) is 0.140. The van der Waals surface area contributed by atoms with Crippen molar-refractivity contribution in [1.82, 2.24) is 9.13 Å². The minimum absolute atomic E-state index is 0.122. The number of hydrogen-bond donors (Lipinski definition) is 0. The smallest absolute Gasteiger partial charge is 0.290 e. The third kappa shape index (κ3) is 9.65. The molecule has 9 nitrogen and oxygen atoms in total. The Bertz CT molecular complexity index is 7860. The molecule has 0 saturated carbocycles. The number of nitrogens with zero attached hydrogens (tertiary/aromatic N) is 4. The summed E-state index contributed by atoms with van der Waals surface area (Å²) in [5.74, 6) is 1.67. The Balaban J connectivity index is 0.000000132. The zero-order valence-electron chi connectivity index (χ0n) is 65.0. The molecule has 556 valence electrons. The normalized spacial score (nSPS) is 13.9. The first-order valence-corrected chi connectivity index (χ1v) is 42.7. The zero-order chi connectivity index (χ0) is 77.9. The van der Waals surface area contributed by atoms with E-state index in [4.69, 9.17) is 22.4 Å². The molecule has 14 aromatic carbocycles. The lowest BCUT2D eigenvalue weighted by atomic mass is 9.24. The lowest BCUT2D eigenvalue weighted by Crippen LogP contribution is -2.73. The third-order valence-electron chi connectivity index (χ3n) is 26.2. The van der Waals surface area contributed by atoms with Gasteiger partial charge in [0, 0.05) is 115 Å². The predicted octanol–water partition coefficient (Wildman–Crippen LogP) is 19.4. The van der Waals surface area contributed by atoms with E-state index in [-0.39, 0.29) is 32.3 Å². The molecule has 118 heavy (non-hydrogen) atoms. The van der Waals surface area contributed by atoms with E-state index in [1.165, 1.54) is 135 Å². The maximum atomic E-state index is 7.25. The van der Waals surface area contributed by atoms with E-state index in [0.29, 0.717) is 0 Å². The van der Waals surface area contributed by atoms with Gasteiger partial charge in [0.1, 0.15) is 22.3 Å². The molecule has 26 rings (SSSR count). The summed E-state index contributed by atoms with van der Waals surface area (Å²) >= 11 is 3.55. The Morgan fingerprint density at radius 3 is 1.11 bits per heavy atom. The van der Waals surface area contributed by atoms with Crippen LogP contribution >= 0.6 is 22.7 Å². The number of rotatable bonds is 8. The number of anilines is 6. The standard InChI is InChI=1S/C53H38B2N2O2S.C50H32B2N2O3S/c1-4-56-41-17-9-5-13-35(41)36-26-23-33(31-44(36)56)55-49-37-14-6-12-20-45(37)58-51(49)54(50-48-38-29-30-60-47(38)28-27-46(48)59-52(50)55)32-21-24-34(25-22-32)57-42-18-10-7-15-39(42)53(2,3)40-16-8-11-19-43(40)57;1-2-53-37-13-5-3-11-33(37)34-24-21-31(29-40(34)53)52-47-35-12-4-8-16-41(35)56-49(47)51(48-46-36-27-28-58-45(36)26-25-44(46)57-50(48)52)30-19-22-32(23-20-30)54-38-14-6-9-17-42(38)55-43-18-10-7-15-39(43)54/h5-31H,4H2,1-3H3;3-29H,2H2,1H3. The Labute approximate surface area is 689 Å². The van der Waals surface area contributed by atoms with E-state index in [0.717, 1.165) is 109 Å². The van der Waals surface area contributed by atoms with Crippen LogP contribution in [0.3, 0.4) is 0 Å². The number of hydrogen-bond acceptors (Lipinski definition) is 9. The number of furan rings is 4. The molecular formula is C103H70B4N4O5S2. The van der Waals surface area contributed by atoms with Crippen LogP contribution in [0.1, 0.15) is 38.8 Å². The molecule has 0 spiro atoms. The summed E-state index contributed by atoms with van der Waals surface area (Å²) in [6.07, 6.45) is 0. The molecule has 4 aliphatic rings.